The largest absolute Gasteiger partial charge is 0.378 e. The van der Waals surface area contributed by atoms with Crippen molar-refractivity contribution in [3.05, 3.63) is 48.2 Å². The Balaban J connectivity index is 1.84. The molecule has 1 aliphatic heterocycles. The topological polar surface area (TPSA) is 85.5 Å². The van der Waals surface area contributed by atoms with E-state index in [1.54, 1.807) is 36.4 Å². The van der Waals surface area contributed by atoms with Gasteiger partial charge in [0.15, 0.2) is 0 Å². The molecule has 1 aromatic heterocycles. The number of anilines is 1. The van der Waals surface area contributed by atoms with Crippen LogP contribution in [0.4, 0.5) is 5.82 Å². The normalized spacial score (nSPS) is 15.6. The summed E-state index contributed by atoms with van der Waals surface area (Å²) >= 11 is 0. The second-order valence-electron chi connectivity index (χ2n) is 5.30. The van der Waals surface area contributed by atoms with E-state index in [4.69, 9.17) is 10.5 Å². The van der Waals surface area contributed by atoms with Gasteiger partial charge in [0, 0.05) is 25.8 Å². The Morgan fingerprint density at radius 2 is 1.70 bits per heavy atom. The average Bonchev–Trinajstić information content (AvgIpc) is 2.62. The van der Waals surface area contributed by atoms with Gasteiger partial charge in [-0.1, -0.05) is 12.1 Å². The zero-order valence-electron chi connectivity index (χ0n) is 12.7. The number of rotatable bonds is 4. The minimum Gasteiger partial charge on any atom is -0.378 e. The van der Waals surface area contributed by atoms with Crippen molar-refractivity contribution in [3.63, 3.8) is 0 Å². The van der Waals surface area contributed by atoms with Gasteiger partial charge in [-0.2, -0.15) is 0 Å². The SMILES string of the molecule is NCc1ccc(S(=O)(=O)c2ccc(N3CCOCC3)nc2)cc1. The Morgan fingerprint density at radius 1 is 1.04 bits per heavy atom. The monoisotopic (exact) mass is 333 g/mol. The molecule has 7 heteroatoms. The summed E-state index contributed by atoms with van der Waals surface area (Å²) in [5.74, 6) is 0.769. The second-order valence-corrected chi connectivity index (χ2v) is 7.25. The molecule has 1 aliphatic rings. The van der Waals surface area contributed by atoms with Gasteiger partial charge >= 0.3 is 0 Å². The first kappa shape index (κ1) is 15.9. The predicted molar refractivity (Wildman–Crippen MR) is 87.1 cm³/mol. The van der Waals surface area contributed by atoms with Crippen molar-refractivity contribution in [3.8, 4) is 0 Å². The minimum absolute atomic E-state index is 0.190. The van der Waals surface area contributed by atoms with Crippen LogP contribution >= 0.6 is 0 Å². The van der Waals surface area contributed by atoms with E-state index in [-0.39, 0.29) is 9.79 Å². The summed E-state index contributed by atoms with van der Waals surface area (Å²) < 4.78 is 30.5. The number of nitrogens with two attached hydrogens (primary N) is 1. The first-order valence-electron chi connectivity index (χ1n) is 7.44. The highest BCUT2D eigenvalue weighted by Crippen LogP contribution is 2.22. The Morgan fingerprint density at radius 3 is 2.26 bits per heavy atom. The number of ether oxygens (including phenoxy) is 1. The highest BCUT2D eigenvalue weighted by atomic mass is 32.2. The summed E-state index contributed by atoms with van der Waals surface area (Å²) in [5.41, 5.74) is 6.43. The van der Waals surface area contributed by atoms with E-state index < -0.39 is 9.84 Å². The maximum atomic E-state index is 12.6. The molecule has 122 valence electrons. The Hall–Kier alpha value is -1.96. The summed E-state index contributed by atoms with van der Waals surface area (Å²) in [4.78, 5) is 6.81. The van der Waals surface area contributed by atoms with E-state index in [0.29, 0.717) is 19.8 Å². The van der Waals surface area contributed by atoms with Crippen LogP contribution < -0.4 is 10.6 Å². The molecule has 1 fully saturated rings. The lowest BCUT2D eigenvalue weighted by Crippen LogP contribution is -2.36. The molecule has 2 heterocycles. The van der Waals surface area contributed by atoms with Gasteiger partial charge in [0.25, 0.3) is 0 Å². The van der Waals surface area contributed by atoms with Crippen molar-refractivity contribution in [2.45, 2.75) is 16.3 Å². The molecule has 0 atom stereocenters. The molecule has 1 saturated heterocycles. The molecule has 3 rings (SSSR count). The van der Waals surface area contributed by atoms with E-state index in [9.17, 15) is 8.42 Å². The first-order chi connectivity index (χ1) is 11.1. The standard InChI is InChI=1S/C16H19N3O3S/c17-11-13-1-3-14(4-2-13)23(20,21)15-5-6-16(18-12-15)19-7-9-22-10-8-19/h1-6,12H,7-11,17H2. The number of hydrogen-bond donors (Lipinski definition) is 1. The van der Waals surface area contributed by atoms with E-state index in [0.717, 1.165) is 24.5 Å². The molecular formula is C16H19N3O3S. The maximum absolute atomic E-state index is 12.6. The number of aromatic nitrogens is 1. The van der Waals surface area contributed by atoms with E-state index >= 15 is 0 Å². The molecule has 0 radical (unpaired) electrons. The fourth-order valence-electron chi connectivity index (χ4n) is 2.45. The van der Waals surface area contributed by atoms with Gasteiger partial charge in [-0.05, 0) is 29.8 Å². The van der Waals surface area contributed by atoms with Crippen LogP contribution in [0.3, 0.4) is 0 Å². The third kappa shape index (κ3) is 3.36. The quantitative estimate of drug-likeness (QED) is 0.905. The molecule has 1 aromatic carbocycles. The minimum atomic E-state index is -3.56. The number of pyridine rings is 1. The predicted octanol–water partition coefficient (Wildman–Crippen LogP) is 1.21. The average molecular weight is 333 g/mol. The number of hydrogen-bond acceptors (Lipinski definition) is 6. The van der Waals surface area contributed by atoms with E-state index in [2.05, 4.69) is 9.88 Å². The Bertz CT molecular complexity index is 752. The van der Waals surface area contributed by atoms with Gasteiger partial charge < -0.3 is 15.4 Å². The maximum Gasteiger partial charge on any atom is 0.208 e. The third-order valence-electron chi connectivity index (χ3n) is 3.84. The summed E-state index contributed by atoms with van der Waals surface area (Å²) in [6.45, 7) is 3.24. The number of nitrogens with zero attached hydrogens (tertiary/aromatic N) is 2. The highest BCUT2D eigenvalue weighted by Gasteiger charge is 2.19. The van der Waals surface area contributed by atoms with Crippen LogP contribution in [0.1, 0.15) is 5.56 Å². The van der Waals surface area contributed by atoms with Gasteiger partial charge in [-0.15, -0.1) is 0 Å². The smallest absolute Gasteiger partial charge is 0.208 e. The van der Waals surface area contributed by atoms with Crippen molar-refractivity contribution in [2.75, 3.05) is 31.2 Å². The van der Waals surface area contributed by atoms with Crippen LogP contribution in [0.5, 0.6) is 0 Å². The van der Waals surface area contributed by atoms with Crippen LogP contribution in [0.25, 0.3) is 0 Å². The van der Waals surface area contributed by atoms with Crippen LogP contribution in [-0.2, 0) is 21.1 Å². The van der Waals surface area contributed by atoms with E-state index in [1.165, 1.54) is 6.20 Å². The Kier molecular flexibility index (Phi) is 4.61. The van der Waals surface area contributed by atoms with Gasteiger partial charge in [0.05, 0.1) is 23.0 Å². The molecule has 0 spiro atoms. The second kappa shape index (κ2) is 6.66. The van der Waals surface area contributed by atoms with Gasteiger partial charge in [-0.3, -0.25) is 0 Å². The lowest BCUT2D eigenvalue weighted by molar-refractivity contribution is 0.122. The number of sulfone groups is 1. The lowest BCUT2D eigenvalue weighted by Gasteiger charge is -2.27. The Labute approximate surface area is 135 Å². The van der Waals surface area contributed by atoms with Crippen LogP contribution in [0.2, 0.25) is 0 Å². The number of benzene rings is 1. The van der Waals surface area contributed by atoms with Crippen LogP contribution in [0, 0.1) is 0 Å². The van der Waals surface area contributed by atoms with Crippen molar-refractivity contribution in [1.82, 2.24) is 4.98 Å². The fraction of sp³-hybridized carbons (Fsp3) is 0.312. The van der Waals surface area contributed by atoms with Gasteiger partial charge in [0.2, 0.25) is 9.84 Å². The molecule has 0 unspecified atom stereocenters. The summed E-state index contributed by atoms with van der Waals surface area (Å²) in [7, 11) is -3.56. The zero-order valence-corrected chi connectivity index (χ0v) is 13.5. The van der Waals surface area contributed by atoms with Crippen LogP contribution in [-0.4, -0.2) is 39.7 Å². The van der Waals surface area contributed by atoms with Gasteiger partial charge in [0.1, 0.15) is 5.82 Å². The highest BCUT2D eigenvalue weighted by molar-refractivity contribution is 7.91. The zero-order chi connectivity index (χ0) is 16.3. The summed E-state index contributed by atoms with van der Waals surface area (Å²) in [6, 6.07) is 9.95. The first-order valence-corrected chi connectivity index (χ1v) is 8.92. The molecular weight excluding hydrogens is 314 g/mol. The molecule has 0 bridgehead atoms. The molecule has 6 nitrogen and oxygen atoms in total. The molecule has 0 aliphatic carbocycles. The van der Waals surface area contributed by atoms with Crippen molar-refractivity contribution >= 4 is 15.7 Å². The summed E-state index contributed by atoms with van der Waals surface area (Å²) in [6.07, 6.45) is 1.41. The number of morpholine rings is 1. The lowest BCUT2D eigenvalue weighted by atomic mass is 10.2. The van der Waals surface area contributed by atoms with Gasteiger partial charge in [-0.25, -0.2) is 13.4 Å². The molecule has 23 heavy (non-hydrogen) atoms. The van der Waals surface area contributed by atoms with Crippen molar-refractivity contribution in [2.24, 2.45) is 5.73 Å². The van der Waals surface area contributed by atoms with E-state index in [1.807, 2.05) is 0 Å². The van der Waals surface area contributed by atoms with Crippen LogP contribution in [0.15, 0.2) is 52.4 Å². The summed E-state index contributed by atoms with van der Waals surface area (Å²) in [5, 5.41) is 0. The third-order valence-corrected chi connectivity index (χ3v) is 5.59. The van der Waals surface area contributed by atoms with Crippen molar-refractivity contribution in [1.29, 1.82) is 0 Å². The van der Waals surface area contributed by atoms with Crippen molar-refractivity contribution < 1.29 is 13.2 Å². The molecule has 2 N–H and O–H groups in total. The molecule has 0 saturated carbocycles. The fourth-order valence-corrected chi connectivity index (χ4v) is 3.66. The molecule has 0 amide bonds. The molecule has 2 aromatic rings.